The van der Waals surface area contributed by atoms with E-state index in [9.17, 15) is 0 Å². The van der Waals surface area contributed by atoms with Crippen LogP contribution < -0.4 is 0 Å². The van der Waals surface area contributed by atoms with Gasteiger partial charge >= 0.3 is 0 Å². The van der Waals surface area contributed by atoms with Gasteiger partial charge in [0.15, 0.2) is 0 Å². The summed E-state index contributed by atoms with van der Waals surface area (Å²) < 4.78 is 5.12. The molecule has 0 fully saturated rings. The van der Waals surface area contributed by atoms with Crippen molar-refractivity contribution in [2.24, 2.45) is 0 Å². The van der Waals surface area contributed by atoms with Gasteiger partial charge in [-0.2, -0.15) is 0 Å². The average Bonchev–Trinajstić information content (AvgIpc) is 3.97. The fraction of sp³-hybridized carbons (Fsp3) is 0.0357. The van der Waals surface area contributed by atoms with Crippen molar-refractivity contribution in [3.8, 4) is 28.2 Å². The highest BCUT2D eigenvalue weighted by atomic mass is 15.0. The average molecular weight is 763 g/mol. The second-order valence-corrected chi connectivity index (χ2v) is 16.3. The van der Waals surface area contributed by atoms with E-state index < -0.39 is 0 Å². The maximum atomic E-state index is 5.51. The van der Waals surface area contributed by atoms with Gasteiger partial charge in [-0.15, -0.1) is 0 Å². The van der Waals surface area contributed by atoms with Crippen molar-refractivity contribution in [2.45, 2.75) is 12.8 Å². The predicted octanol–water partition coefficient (Wildman–Crippen LogP) is 14.5. The number of nitrogens with zero attached hydrogens (tertiary/aromatic N) is 4. The van der Waals surface area contributed by atoms with Crippen LogP contribution in [0.25, 0.3) is 126 Å². The molecule has 0 saturated heterocycles. The van der Waals surface area contributed by atoms with Gasteiger partial charge in [0.2, 0.25) is 0 Å². The Kier molecular flexibility index (Phi) is 6.37. The Morgan fingerprint density at radius 2 is 1.10 bits per heavy atom. The van der Waals surface area contributed by atoms with Crippen LogP contribution in [0.4, 0.5) is 0 Å². The number of hydrogen-bond donors (Lipinski definition) is 0. The van der Waals surface area contributed by atoms with Crippen LogP contribution in [0.3, 0.4) is 0 Å². The van der Waals surface area contributed by atoms with E-state index in [4.69, 9.17) is 9.97 Å². The number of benzene rings is 9. The third-order valence-electron chi connectivity index (χ3n) is 13.2. The highest BCUT2D eigenvalue weighted by molar-refractivity contribution is 6.39. The van der Waals surface area contributed by atoms with Crippen LogP contribution in [0.5, 0.6) is 0 Å². The quantitative estimate of drug-likeness (QED) is 0.180. The van der Waals surface area contributed by atoms with Crippen LogP contribution in [0.1, 0.15) is 17.8 Å². The molecule has 13 aromatic rings. The van der Waals surface area contributed by atoms with Crippen molar-refractivity contribution in [2.75, 3.05) is 0 Å². The Morgan fingerprint density at radius 3 is 1.95 bits per heavy atom. The highest BCUT2D eigenvalue weighted by Crippen LogP contribution is 2.49. The molecular formula is C56H34N4. The Labute approximate surface area is 344 Å². The van der Waals surface area contributed by atoms with Gasteiger partial charge in [0.1, 0.15) is 0 Å². The summed E-state index contributed by atoms with van der Waals surface area (Å²) in [6.45, 7) is 0. The first-order valence-electron chi connectivity index (χ1n) is 20.9. The van der Waals surface area contributed by atoms with Gasteiger partial charge in [-0.1, -0.05) is 146 Å². The minimum atomic E-state index is 0.879. The van der Waals surface area contributed by atoms with E-state index in [-0.39, 0.29) is 0 Å². The molecule has 0 N–H and O–H groups in total. The lowest BCUT2D eigenvalue weighted by Crippen LogP contribution is -2.06. The van der Waals surface area contributed by atoms with E-state index >= 15 is 0 Å². The topological polar surface area (TPSA) is 35.1 Å². The lowest BCUT2D eigenvalue weighted by Gasteiger charge is -2.19. The summed E-state index contributed by atoms with van der Waals surface area (Å²) in [4.78, 5) is 10.9. The van der Waals surface area contributed by atoms with Crippen molar-refractivity contribution in [3.05, 3.63) is 187 Å². The zero-order chi connectivity index (χ0) is 39.1. The molecule has 0 bridgehead atoms. The smallest absolute Gasteiger partial charge is 0.0975 e. The van der Waals surface area contributed by atoms with E-state index in [0.29, 0.717) is 0 Å². The molecule has 0 spiro atoms. The normalized spacial score (nSPS) is 13.1. The first-order valence-corrected chi connectivity index (χ1v) is 20.9. The molecule has 278 valence electrons. The van der Waals surface area contributed by atoms with E-state index in [1.807, 2.05) is 0 Å². The number of fused-ring (bicyclic) bond motifs is 16. The Hall–Kier alpha value is -7.82. The standard InChI is InChI=1S/C56H34N4/c1-2-15-34-32-35(29-28-33(34)14-1)52-53(58-46-25-10-9-24-45(46)57-52)41-30-31-49(37-17-4-3-16-36(37)41)59-48-27-12-8-21-43(48)50-39-19-5-6-20-40(39)51-44-23-13-22-42-38-18-7-11-26-47(38)60(54(42)44)56(51)55(50)59/h1-9,11-24,26-32H,10,25H2. The van der Waals surface area contributed by atoms with Crippen LogP contribution in [-0.4, -0.2) is 18.9 Å². The van der Waals surface area contributed by atoms with Crippen LogP contribution in [0, 0.1) is 0 Å². The van der Waals surface area contributed by atoms with Crippen molar-refractivity contribution in [1.82, 2.24) is 18.9 Å². The van der Waals surface area contributed by atoms with Gasteiger partial charge in [0, 0.05) is 48.8 Å². The number of aryl methyl sites for hydroxylation is 1. The molecule has 0 atom stereocenters. The second kappa shape index (κ2) is 11.9. The first-order chi connectivity index (χ1) is 29.8. The van der Waals surface area contributed by atoms with E-state index in [0.717, 1.165) is 57.8 Å². The molecule has 4 heteroatoms. The van der Waals surface area contributed by atoms with Gasteiger partial charge in [0.25, 0.3) is 0 Å². The summed E-state index contributed by atoms with van der Waals surface area (Å²) in [5, 5.41) is 15.0. The zero-order valence-corrected chi connectivity index (χ0v) is 32.5. The molecule has 14 rings (SSSR count). The van der Waals surface area contributed by atoms with E-state index in [1.165, 1.54) is 86.8 Å². The Bertz CT molecular complexity index is 4010. The summed E-state index contributed by atoms with van der Waals surface area (Å²) in [5.41, 5.74) is 13.3. The fourth-order valence-corrected chi connectivity index (χ4v) is 10.7. The van der Waals surface area contributed by atoms with Gasteiger partial charge in [-0.3, -0.25) is 0 Å². The third kappa shape index (κ3) is 4.19. The van der Waals surface area contributed by atoms with Crippen LogP contribution >= 0.6 is 0 Å². The third-order valence-corrected chi connectivity index (χ3v) is 13.2. The fourth-order valence-electron chi connectivity index (χ4n) is 10.7. The van der Waals surface area contributed by atoms with Gasteiger partial charge < -0.3 is 8.97 Å². The molecular weight excluding hydrogens is 729 g/mol. The molecule has 60 heavy (non-hydrogen) atoms. The minimum Gasteiger partial charge on any atom is -0.307 e. The molecule has 4 heterocycles. The van der Waals surface area contributed by atoms with E-state index in [1.54, 1.807) is 0 Å². The summed E-state index contributed by atoms with van der Waals surface area (Å²) >= 11 is 0. The number of rotatable bonds is 3. The van der Waals surface area contributed by atoms with Gasteiger partial charge in [-0.25, -0.2) is 9.97 Å². The molecule has 4 nitrogen and oxygen atoms in total. The number of para-hydroxylation sites is 3. The number of hydrogen-bond acceptors (Lipinski definition) is 2. The molecule has 1 aliphatic rings. The lowest BCUT2D eigenvalue weighted by atomic mass is 9.95. The largest absolute Gasteiger partial charge is 0.307 e. The Morgan fingerprint density at radius 1 is 0.433 bits per heavy atom. The van der Waals surface area contributed by atoms with E-state index in [2.05, 4.69) is 191 Å². The molecule has 0 aliphatic heterocycles. The minimum absolute atomic E-state index is 0.879. The number of aromatic nitrogens is 4. The molecule has 0 unspecified atom stereocenters. The monoisotopic (exact) mass is 762 g/mol. The second-order valence-electron chi connectivity index (χ2n) is 16.3. The molecule has 4 aromatic heterocycles. The van der Waals surface area contributed by atoms with Crippen LogP contribution in [0.2, 0.25) is 0 Å². The molecule has 1 aliphatic carbocycles. The van der Waals surface area contributed by atoms with Crippen molar-refractivity contribution in [1.29, 1.82) is 0 Å². The summed E-state index contributed by atoms with van der Waals surface area (Å²) in [5.74, 6) is 0. The van der Waals surface area contributed by atoms with Gasteiger partial charge in [-0.05, 0) is 76.2 Å². The summed E-state index contributed by atoms with van der Waals surface area (Å²) in [7, 11) is 0. The van der Waals surface area contributed by atoms with Gasteiger partial charge in [0.05, 0.1) is 56.0 Å². The maximum absolute atomic E-state index is 5.51. The highest BCUT2D eigenvalue weighted by Gasteiger charge is 2.27. The predicted molar refractivity (Wildman–Crippen MR) is 252 cm³/mol. The zero-order valence-electron chi connectivity index (χ0n) is 32.5. The molecule has 9 aromatic carbocycles. The molecule has 0 amide bonds. The molecule has 0 saturated carbocycles. The van der Waals surface area contributed by atoms with Crippen molar-refractivity contribution >= 4 is 98.3 Å². The maximum Gasteiger partial charge on any atom is 0.0975 e. The van der Waals surface area contributed by atoms with Crippen molar-refractivity contribution in [3.63, 3.8) is 0 Å². The van der Waals surface area contributed by atoms with Crippen molar-refractivity contribution < 1.29 is 0 Å². The summed E-state index contributed by atoms with van der Waals surface area (Å²) in [6, 6.07) is 62.5. The van der Waals surface area contributed by atoms with Crippen LogP contribution in [0.15, 0.2) is 176 Å². The lowest BCUT2D eigenvalue weighted by molar-refractivity contribution is 0.908. The molecule has 0 radical (unpaired) electrons. The summed E-state index contributed by atoms with van der Waals surface area (Å²) in [6.07, 6.45) is 6.21. The SMILES string of the molecule is C1=Cc2nc(-c3ccc4ccccc4c3)c(-c3ccc(-n4c5ccccc5c5c6ccccc6c6c7cccc8c9ccccc9n(c87)c6c54)c4ccccc34)nc2CC1. The first kappa shape index (κ1) is 32.2. The number of allylic oxidation sites excluding steroid dienone is 1. The van der Waals surface area contributed by atoms with Crippen LogP contribution in [-0.2, 0) is 6.42 Å². The Balaban J connectivity index is 1.13.